The maximum absolute atomic E-state index is 13.0. The highest BCUT2D eigenvalue weighted by atomic mass is 32.2. The number of carbonyl (C=O) groups is 1. The zero-order valence-corrected chi connectivity index (χ0v) is 15.5. The van der Waals surface area contributed by atoms with E-state index in [9.17, 15) is 9.18 Å². The minimum atomic E-state index is -0.299. The molecule has 2 aromatic rings. The molecule has 0 aliphatic heterocycles. The van der Waals surface area contributed by atoms with E-state index in [-0.39, 0.29) is 17.0 Å². The molecule has 0 unspecified atom stereocenters. The summed E-state index contributed by atoms with van der Waals surface area (Å²) in [6, 6.07) is 6.15. The van der Waals surface area contributed by atoms with Crippen LogP contribution in [0.15, 0.2) is 29.4 Å². The van der Waals surface area contributed by atoms with Crippen LogP contribution in [0, 0.1) is 5.82 Å². The van der Waals surface area contributed by atoms with Crippen molar-refractivity contribution in [3.63, 3.8) is 0 Å². The summed E-state index contributed by atoms with van der Waals surface area (Å²) in [6.45, 7) is 7.25. The minimum absolute atomic E-state index is 0.230. The molecule has 25 heavy (non-hydrogen) atoms. The molecule has 8 heteroatoms. The highest BCUT2D eigenvalue weighted by Gasteiger charge is 2.23. The average molecular weight is 366 g/mol. The number of nitrogens with zero attached hydrogens (tertiary/aromatic N) is 3. The monoisotopic (exact) mass is 366 g/mol. The number of hydrogen-bond donors (Lipinski definition) is 1. The van der Waals surface area contributed by atoms with Crippen LogP contribution in [0.4, 0.5) is 10.1 Å². The maximum Gasteiger partial charge on any atom is 0.319 e. The second-order valence-corrected chi connectivity index (χ2v) is 6.44. The van der Waals surface area contributed by atoms with Crippen LogP contribution in [-0.2, 0) is 22.6 Å². The Morgan fingerprint density at radius 1 is 1.28 bits per heavy atom. The van der Waals surface area contributed by atoms with E-state index < -0.39 is 0 Å². The number of esters is 1. The minimum Gasteiger partial charge on any atom is -0.465 e. The van der Waals surface area contributed by atoms with Gasteiger partial charge in [-0.15, -0.1) is 10.2 Å². The van der Waals surface area contributed by atoms with Crippen molar-refractivity contribution in [1.29, 1.82) is 0 Å². The molecule has 0 spiro atoms. The average Bonchev–Trinajstić information content (AvgIpc) is 3.00. The molecule has 1 N–H and O–H groups in total. The number of aromatic nitrogens is 3. The van der Waals surface area contributed by atoms with Crippen LogP contribution in [-0.4, -0.2) is 32.6 Å². The van der Waals surface area contributed by atoms with E-state index in [1.807, 2.05) is 18.4 Å². The number of carbonyl (C=O) groups excluding carboxylic acids is 1. The molecule has 1 heterocycles. The fourth-order valence-electron chi connectivity index (χ4n) is 2.26. The number of hydrogen-bond acceptors (Lipinski definition) is 6. The smallest absolute Gasteiger partial charge is 0.319 e. The number of thioether (sulfide) groups is 1. The molecule has 1 aromatic carbocycles. The summed E-state index contributed by atoms with van der Waals surface area (Å²) >= 11 is 1.37. The molecule has 0 radical (unpaired) electrons. The summed E-state index contributed by atoms with van der Waals surface area (Å²) < 4.78 is 20.0. The second-order valence-electron chi connectivity index (χ2n) is 5.27. The first-order valence-electron chi connectivity index (χ1n) is 8.33. The highest BCUT2D eigenvalue weighted by Crippen LogP contribution is 2.26. The maximum atomic E-state index is 13.0. The molecule has 0 bridgehead atoms. The first-order chi connectivity index (χ1) is 12.1. The van der Waals surface area contributed by atoms with Gasteiger partial charge in [0.05, 0.1) is 13.2 Å². The normalized spacial score (nSPS) is 12.0. The lowest BCUT2D eigenvalue weighted by molar-refractivity contribution is -0.142. The number of anilines is 1. The van der Waals surface area contributed by atoms with Crippen LogP contribution < -0.4 is 5.32 Å². The van der Waals surface area contributed by atoms with Gasteiger partial charge in [-0.3, -0.25) is 4.79 Å². The van der Waals surface area contributed by atoms with Crippen molar-refractivity contribution in [1.82, 2.24) is 14.8 Å². The lowest BCUT2D eigenvalue weighted by Crippen LogP contribution is -2.20. The molecule has 0 saturated heterocycles. The van der Waals surface area contributed by atoms with E-state index in [1.54, 1.807) is 19.1 Å². The summed E-state index contributed by atoms with van der Waals surface area (Å²) in [7, 11) is 0. The predicted molar refractivity (Wildman–Crippen MR) is 96.0 cm³/mol. The standard InChI is InChI=1S/C17H23FN4O2S/c1-4-14(16(23)24-6-3)25-17-21-20-15(22(17)5-2)11-19-13-9-7-12(18)8-10-13/h7-10,14,19H,4-6,11H2,1-3H3/t14-/m1/s1. The Balaban J connectivity index is 2.06. The molecule has 136 valence electrons. The van der Waals surface area contributed by atoms with Gasteiger partial charge in [-0.1, -0.05) is 18.7 Å². The van der Waals surface area contributed by atoms with Gasteiger partial charge in [-0.05, 0) is 44.5 Å². The van der Waals surface area contributed by atoms with E-state index in [2.05, 4.69) is 15.5 Å². The van der Waals surface area contributed by atoms with E-state index in [0.29, 0.717) is 31.3 Å². The first kappa shape index (κ1) is 19.2. The number of ether oxygens (including phenoxy) is 1. The van der Waals surface area contributed by atoms with Crippen LogP contribution in [0.25, 0.3) is 0 Å². The van der Waals surface area contributed by atoms with Gasteiger partial charge < -0.3 is 14.6 Å². The zero-order valence-electron chi connectivity index (χ0n) is 14.7. The van der Waals surface area contributed by atoms with Crippen molar-refractivity contribution in [3.05, 3.63) is 35.9 Å². The van der Waals surface area contributed by atoms with Crippen molar-refractivity contribution in [2.45, 2.75) is 50.7 Å². The largest absolute Gasteiger partial charge is 0.465 e. The molecule has 0 saturated carbocycles. The summed E-state index contributed by atoms with van der Waals surface area (Å²) in [6.07, 6.45) is 0.656. The Bertz CT molecular complexity index is 690. The molecule has 0 aliphatic carbocycles. The Morgan fingerprint density at radius 3 is 2.60 bits per heavy atom. The first-order valence-corrected chi connectivity index (χ1v) is 9.21. The Hall–Kier alpha value is -2.09. The van der Waals surface area contributed by atoms with E-state index in [1.165, 1.54) is 23.9 Å². The van der Waals surface area contributed by atoms with Crippen molar-refractivity contribution in [3.8, 4) is 0 Å². The predicted octanol–water partition coefficient (Wildman–Crippen LogP) is 3.48. The molecule has 6 nitrogen and oxygen atoms in total. The number of nitrogens with one attached hydrogen (secondary N) is 1. The quantitative estimate of drug-likeness (QED) is 0.541. The number of halogens is 1. The van der Waals surface area contributed by atoms with Crippen LogP contribution in [0.2, 0.25) is 0 Å². The zero-order chi connectivity index (χ0) is 18.2. The third-order valence-corrected chi connectivity index (χ3v) is 4.90. The van der Waals surface area contributed by atoms with Crippen molar-refractivity contribution >= 4 is 23.4 Å². The van der Waals surface area contributed by atoms with Gasteiger partial charge in [-0.2, -0.15) is 0 Å². The van der Waals surface area contributed by atoms with Gasteiger partial charge in [0.2, 0.25) is 0 Å². The van der Waals surface area contributed by atoms with Crippen molar-refractivity contribution in [2.75, 3.05) is 11.9 Å². The molecular weight excluding hydrogens is 343 g/mol. The lowest BCUT2D eigenvalue weighted by Gasteiger charge is -2.14. The van der Waals surface area contributed by atoms with Crippen LogP contribution in [0.5, 0.6) is 0 Å². The summed E-state index contributed by atoms with van der Waals surface area (Å²) in [4.78, 5) is 12.0. The Kier molecular flexibility index (Phi) is 7.24. The van der Waals surface area contributed by atoms with Gasteiger partial charge in [0.25, 0.3) is 0 Å². The van der Waals surface area contributed by atoms with Crippen LogP contribution >= 0.6 is 11.8 Å². The molecular formula is C17H23FN4O2S. The lowest BCUT2D eigenvalue weighted by atomic mass is 10.3. The highest BCUT2D eigenvalue weighted by molar-refractivity contribution is 8.00. The third-order valence-electron chi connectivity index (χ3n) is 3.57. The van der Waals surface area contributed by atoms with Crippen molar-refractivity contribution in [2.24, 2.45) is 0 Å². The Morgan fingerprint density at radius 2 is 2.00 bits per heavy atom. The van der Waals surface area contributed by atoms with E-state index >= 15 is 0 Å². The SMILES string of the molecule is CCOC(=O)[C@@H](CC)Sc1nnc(CNc2ccc(F)cc2)n1CC. The third kappa shape index (κ3) is 5.19. The molecule has 1 atom stereocenters. The fraction of sp³-hybridized carbons (Fsp3) is 0.471. The van der Waals surface area contributed by atoms with Crippen molar-refractivity contribution < 1.29 is 13.9 Å². The number of benzene rings is 1. The molecule has 0 amide bonds. The molecule has 1 aromatic heterocycles. The van der Waals surface area contributed by atoms with Gasteiger partial charge in [0.15, 0.2) is 11.0 Å². The van der Waals surface area contributed by atoms with E-state index in [0.717, 1.165) is 11.5 Å². The summed E-state index contributed by atoms with van der Waals surface area (Å²) in [5.41, 5.74) is 0.805. The van der Waals surface area contributed by atoms with Gasteiger partial charge >= 0.3 is 5.97 Å². The molecule has 0 aliphatic rings. The number of rotatable bonds is 9. The van der Waals surface area contributed by atoms with Crippen LogP contribution in [0.1, 0.15) is 33.0 Å². The van der Waals surface area contributed by atoms with Crippen LogP contribution in [0.3, 0.4) is 0 Å². The van der Waals surface area contributed by atoms with Gasteiger partial charge in [0, 0.05) is 12.2 Å². The summed E-state index contributed by atoms with van der Waals surface area (Å²) in [5, 5.41) is 12.0. The van der Waals surface area contributed by atoms with E-state index in [4.69, 9.17) is 4.74 Å². The van der Waals surface area contributed by atoms with Gasteiger partial charge in [-0.25, -0.2) is 4.39 Å². The fourth-order valence-corrected chi connectivity index (χ4v) is 3.30. The molecule has 2 rings (SSSR count). The summed E-state index contributed by atoms with van der Waals surface area (Å²) in [5.74, 6) is 0.255. The second kappa shape index (κ2) is 9.41. The Labute approximate surface area is 151 Å². The van der Waals surface area contributed by atoms with Gasteiger partial charge in [0.1, 0.15) is 11.1 Å². The topological polar surface area (TPSA) is 69.0 Å². The molecule has 0 fully saturated rings.